The Kier molecular flexibility index (Phi) is 6.84. The molecule has 2 N–H and O–H groups in total. The van der Waals surface area contributed by atoms with Crippen LogP contribution in [0.2, 0.25) is 0 Å². The topological polar surface area (TPSA) is 76.7 Å². The van der Waals surface area contributed by atoms with Gasteiger partial charge in [0.25, 0.3) is 11.8 Å². The van der Waals surface area contributed by atoms with Crippen LogP contribution < -0.4 is 20.1 Å². The van der Waals surface area contributed by atoms with E-state index in [2.05, 4.69) is 10.6 Å². The molecule has 3 rings (SSSR count). The van der Waals surface area contributed by atoms with Gasteiger partial charge in [-0.25, -0.2) is 0 Å². The highest BCUT2D eigenvalue weighted by Gasteiger charge is 2.13. The van der Waals surface area contributed by atoms with E-state index in [0.29, 0.717) is 29.3 Å². The van der Waals surface area contributed by atoms with Gasteiger partial charge in [0.05, 0.1) is 12.7 Å². The van der Waals surface area contributed by atoms with Crippen LogP contribution in [0.4, 0.5) is 5.69 Å². The zero-order valence-corrected chi connectivity index (χ0v) is 16.1. The van der Waals surface area contributed by atoms with Gasteiger partial charge in [0.15, 0.2) is 6.61 Å². The van der Waals surface area contributed by atoms with Crippen molar-refractivity contribution in [3.05, 3.63) is 90.0 Å². The number of nitrogens with one attached hydrogen (secondary N) is 2. The first-order chi connectivity index (χ1) is 14.2. The van der Waals surface area contributed by atoms with Crippen LogP contribution in [0.1, 0.15) is 15.9 Å². The summed E-state index contributed by atoms with van der Waals surface area (Å²) in [5, 5.41) is 5.60. The largest absolute Gasteiger partial charge is 0.497 e. The molecule has 2 amide bonds. The summed E-state index contributed by atoms with van der Waals surface area (Å²) >= 11 is 0. The van der Waals surface area contributed by atoms with E-state index in [0.717, 1.165) is 5.56 Å². The minimum absolute atomic E-state index is 0.213. The number of amides is 2. The number of methoxy groups -OCH3 is 1. The molecule has 3 aromatic rings. The van der Waals surface area contributed by atoms with Crippen LogP contribution in [0.15, 0.2) is 78.9 Å². The van der Waals surface area contributed by atoms with Crippen molar-refractivity contribution in [1.29, 1.82) is 0 Å². The maximum absolute atomic E-state index is 12.5. The highest BCUT2D eigenvalue weighted by molar-refractivity contribution is 5.97. The van der Waals surface area contributed by atoms with Crippen molar-refractivity contribution in [2.75, 3.05) is 19.0 Å². The molecule has 29 heavy (non-hydrogen) atoms. The number of hydrogen-bond donors (Lipinski definition) is 2. The van der Waals surface area contributed by atoms with Crippen molar-refractivity contribution in [2.45, 2.75) is 6.54 Å². The highest BCUT2D eigenvalue weighted by atomic mass is 16.5. The second kappa shape index (κ2) is 9.94. The van der Waals surface area contributed by atoms with Crippen LogP contribution in [0, 0.1) is 0 Å². The van der Waals surface area contributed by atoms with Crippen LogP contribution in [-0.4, -0.2) is 25.5 Å². The SMILES string of the molecule is COc1ccc(NC(=O)COc2ccccc2C(=O)NCc2ccccc2)cc1. The Labute approximate surface area is 169 Å². The Balaban J connectivity index is 1.56. The van der Waals surface area contributed by atoms with Crippen molar-refractivity contribution >= 4 is 17.5 Å². The van der Waals surface area contributed by atoms with Gasteiger partial charge in [-0.2, -0.15) is 0 Å². The molecule has 0 aliphatic heterocycles. The number of carbonyl (C=O) groups is 2. The summed E-state index contributed by atoms with van der Waals surface area (Å²) in [7, 11) is 1.58. The van der Waals surface area contributed by atoms with Crippen LogP contribution in [0.5, 0.6) is 11.5 Å². The number of carbonyl (C=O) groups excluding carboxylic acids is 2. The molecule has 0 saturated heterocycles. The smallest absolute Gasteiger partial charge is 0.262 e. The molecule has 6 nitrogen and oxygen atoms in total. The average Bonchev–Trinajstić information content (AvgIpc) is 2.77. The molecular formula is C23H22N2O4. The van der Waals surface area contributed by atoms with Gasteiger partial charge in [0.1, 0.15) is 11.5 Å². The fraction of sp³-hybridized carbons (Fsp3) is 0.130. The molecule has 3 aromatic carbocycles. The molecular weight excluding hydrogens is 368 g/mol. The fourth-order valence-corrected chi connectivity index (χ4v) is 2.67. The predicted molar refractivity (Wildman–Crippen MR) is 111 cm³/mol. The molecule has 0 fully saturated rings. The van der Waals surface area contributed by atoms with Crippen molar-refractivity contribution in [3.8, 4) is 11.5 Å². The molecule has 0 aliphatic rings. The van der Waals surface area contributed by atoms with E-state index in [4.69, 9.17) is 9.47 Å². The van der Waals surface area contributed by atoms with Gasteiger partial charge in [-0.3, -0.25) is 9.59 Å². The molecule has 148 valence electrons. The van der Waals surface area contributed by atoms with Crippen molar-refractivity contribution in [2.24, 2.45) is 0 Å². The van der Waals surface area contributed by atoms with E-state index < -0.39 is 0 Å². The first-order valence-electron chi connectivity index (χ1n) is 9.13. The van der Waals surface area contributed by atoms with Gasteiger partial charge in [0.2, 0.25) is 0 Å². The first kappa shape index (κ1) is 19.9. The lowest BCUT2D eigenvalue weighted by atomic mass is 10.1. The molecule has 0 aromatic heterocycles. The maximum atomic E-state index is 12.5. The van der Waals surface area contributed by atoms with Gasteiger partial charge < -0.3 is 20.1 Å². The van der Waals surface area contributed by atoms with E-state index in [9.17, 15) is 9.59 Å². The number of hydrogen-bond acceptors (Lipinski definition) is 4. The molecule has 0 atom stereocenters. The minimum atomic E-state index is -0.324. The van der Waals surface area contributed by atoms with Crippen molar-refractivity contribution in [1.82, 2.24) is 5.32 Å². The second-order valence-electron chi connectivity index (χ2n) is 6.23. The predicted octanol–water partition coefficient (Wildman–Crippen LogP) is 3.64. The average molecular weight is 390 g/mol. The van der Waals surface area contributed by atoms with Crippen LogP contribution in [0.3, 0.4) is 0 Å². The Morgan fingerprint density at radius 2 is 1.55 bits per heavy atom. The van der Waals surface area contributed by atoms with Gasteiger partial charge >= 0.3 is 0 Å². The summed E-state index contributed by atoms with van der Waals surface area (Å²) in [5.41, 5.74) is 2.01. The molecule has 6 heteroatoms. The lowest BCUT2D eigenvalue weighted by Crippen LogP contribution is -2.25. The van der Waals surface area contributed by atoms with E-state index in [1.165, 1.54) is 0 Å². The van der Waals surface area contributed by atoms with Crippen molar-refractivity contribution < 1.29 is 19.1 Å². The molecule has 0 aliphatic carbocycles. The molecule has 0 bridgehead atoms. The number of benzene rings is 3. The zero-order valence-electron chi connectivity index (χ0n) is 16.1. The van der Waals surface area contributed by atoms with Gasteiger partial charge in [-0.1, -0.05) is 42.5 Å². The number of anilines is 1. The third-order valence-electron chi connectivity index (χ3n) is 4.16. The van der Waals surface area contributed by atoms with Crippen LogP contribution in [0.25, 0.3) is 0 Å². The summed E-state index contributed by atoms with van der Waals surface area (Å²) in [6.45, 7) is 0.195. The minimum Gasteiger partial charge on any atom is -0.497 e. The standard InChI is InChI=1S/C23H22N2O4/c1-28-19-13-11-18(12-14-19)25-22(26)16-29-21-10-6-5-9-20(21)23(27)24-15-17-7-3-2-4-8-17/h2-14H,15-16H2,1H3,(H,24,27)(H,25,26). The second-order valence-corrected chi connectivity index (χ2v) is 6.23. The van der Waals surface area contributed by atoms with Gasteiger partial charge in [-0.15, -0.1) is 0 Å². The Bertz CT molecular complexity index is 956. The quantitative estimate of drug-likeness (QED) is 0.616. The van der Waals surface area contributed by atoms with E-state index in [1.807, 2.05) is 30.3 Å². The number of rotatable bonds is 8. The Morgan fingerprint density at radius 1 is 0.862 bits per heavy atom. The third kappa shape index (κ3) is 5.84. The molecule has 0 spiro atoms. The first-order valence-corrected chi connectivity index (χ1v) is 9.13. The van der Waals surface area contributed by atoms with E-state index in [1.54, 1.807) is 55.6 Å². The van der Waals surface area contributed by atoms with Gasteiger partial charge in [-0.05, 0) is 42.0 Å². The normalized spacial score (nSPS) is 10.1. The molecule has 0 unspecified atom stereocenters. The Morgan fingerprint density at radius 3 is 2.28 bits per heavy atom. The summed E-state index contributed by atoms with van der Waals surface area (Å²) in [5.74, 6) is 0.465. The number of para-hydroxylation sites is 1. The summed E-state index contributed by atoms with van der Waals surface area (Å²) in [4.78, 5) is 24.7. The lowest BCUT2D eigenvalue weighted by Gasteiger charge is -2.12. The van der Waals surface area contributed by atoms with Gasteiger partial charge in [0, 0.05) is 12.2 Å². The van der Waals surface area contributed by atoms with Crippen LogP contribution in [-0.2, 0) is 11.3 Å². The summed E-state index contributed by atoms with van der Waals surface area (Å²) in [6.07, 6.45) is 0. The highest BCUT2D eigenvalue weighted by Crippen LogP contribution is 2.19. The molecule has 0 heterocycles. The van der Waals surface area contributed by atoms with Crippen LogP contribution >= 0.6 is 0 Å². The Hall–Kier alpha value is -3.80. The number of ether oxygens (including phenoxy) is 2. The lowest BCUT2D eigenvalue weighted by molar-refractivity contribution is -0.118. The van der Waals surface area contributed by atoms with E-state index in [-0.39, 0.29) is 18.4 Å². The zero-order chi connectivity index (χ0) is 20.5. The fourth-order valence-electron chi connectivity index (χ4n) is 2.67. The molecule has 0 radical (unpaired) electrons. The summed E-state index contributed by atoms with van der Waals surface area (Å²) < 4.78 is 10.7. The van der Waals surface area contributed by atoms with E-state index >= 15 is 0 Å². The monoisotopic (exact) mass is 390 g/mol. The third-order valence-corrected chi connectivity index (χ3v) is 4.16. The maximum Gasteiger partial charge on any atom is 0.262 e. The van der Waals surface area contributed by atoms with Crippen molar-refractivity contribution in [3.63, 3.8) is 0 Å². The molecule has 0 saturated carbocycles. The summed E-state index contributed by atoms with van der Waals surface area (Å²) in [6, 6.07) is 23.4.